The Morgan fingerprint density at radius 3 is 2.20 bits per heavy atom. The molecule has 8 heteroatoms. The van der Waals surface area contributed by atoms with Gasteiger partial charge in [-0.25, -0.2) is 4.79 Å². The molecule has 0 aromatic heterocycles. The Labute approximate surface area is 236 Å². The summed E-state index contributed by atoms with van der Waals surface area (Å²) in [4.78, 5) is 31.0. The molecule has 40 heavy (non-hydrogen) atoms. The van der Waals surface area contributed by atoms with Crippen LogP contribution >= 0.6 is 0 Å². The van der Waals surface area contributed by atoms with Crippen LogP contribution in [-0.4, -0.2) is 51.3 Å². The molecule has 1 heterocycles. The van der Waals surface area contributed by atoms with E-state index in [2.05, 4.69) is 31.8 Å². The number of aryl methyl sites for hydroxylation is 1. The van der Waals surface area contributed by atoms with Crippen molar-refractivity contribution in [2.45, 2.75) is 45.1 Å². The van der Waals surface area contributed by atoms with Gasteiger partial charge in [0.1, 0.15) is 5.75 Å². The zero-order chi connectivity index (χ0) is 27.9. The molecule has 3 amide bonds. The number of hydrogen-bond acceptors (Lipinski definition) is 5. The molecular weight excluding hydrogens is 502 g/mol. The summed E-state index contributed by atoms with van der Waals surface area (Å²) >= 11 is 0. The number of rotatable bonds is 7. The van der Waals surface area contributed by atoms with Gasteiger partial charge < -0.3 is 30.5 Å². The molecule has 1 aliphatic heterocycles. The third-order valence-electron chi connectivity index (χ3n) is 7.88. The van der Waals surface area contributed by atoms with Crippen LogP contribution in [0.25, 0.3) is 0 Å². The summed E-state index contributed by atoms with van der Waals surface area (Å²) in [5.41, 5.74) is 4.87. The fourth-order valence-corrected chi connectivity index (χ4v) is 5.66. The standard InChI is InChI=1S/C32H39N5O3/c1-23-10-6-7-13-27(23)35-32(39)34-25-16-17-28(26(22-25)31(38)33-24-11-4-3-5-12-24)36-18-20-37(21-19-36)29-14-8-9-15-30(29)40-2/h6-10,13-17,22,24H,3-5,11-12,18-21H2,1-2H3,(H,33,38)(H2,34,35,39). The van der Waals surface area contributed by atoms with Crippen molar-refractivity contribution >= 4 is 34.7 Å². The minimum atomic E-state index is -0.342. The van der Waals surface area contributed by atoms with Crippen molar-refractivity contribution in [3.63, 3.8) is 0 Å². The molecular formula is C32H39N5O3. The first-order chi connectivity index (χ1) is 19.5. The van der Waals surface area contributed by atoms with Crippen molar-refractivity contribution in [2.24, 2.45) is 0 Å². The zero-order valence-electron chi connectivity index (χ0n) is 23.4. The molecule has 0 unspecified atom stereocenters. The van der Waals surface area contributed by atoms with Gasteiger partial charge in [-0.2, -0.15) is 0 Å². The number of nitrogens with zero attached hydrogens (tertiary/aromatic N) is 2. The molecule has 2 fully saturated rings. The molecule has 1 saturated heterocycles. The highest BCUT2D eigenvalue weighted by atomic mass is 16.5. The minimum absolute atomic E-state index is 0.0861. The maximum atomic E-state index is 13.6. The average molecular weight is 542 g/mol. The Morgan fingerprint density at radius 2 is 1.48 bits per heavy atom. The van der Waals surface area contributed by atoms with Crippen LogP contribution in [0.4, 0.5) is 27.5 Å². The second-order valence-corrected chi connectivity index (χ2v) is 10.6. The van der Waals surface area contributed by atoms with E-state index in [0.29, 0.717) is 11.3 Å². The van der Waals surface area contributed by atoms with Crippen LogP contribution in [0.5, 0.6) is 5.75 Å². The number of nitrogens with one attached hydrogen (secondary N) is 3. The lowest BCUT2D eigenvalue weighted by atomic mass is 9.95. The largest absolute Gasteiger partial charge is 0.495 e. The van der Waals surface area contributed by atoms with Crippen LogP contribution in [-0.2, 0) is 0 Å². The number of methoxy groups -OCH3 is 1. The van der Waals surface area contributed by atoms with Crippen LogP contribution in [0, 0.1) is 6.92 Å². The monoisotopic (exact) mass is 541 g/mol. The predicted molar refractivity (Wildman–Crippen MR) is 162 cm³/mol. The Bertz CT molecular complexity index is 1330. The van der Waals surface area contributed by atoms with Gasteiger partial charge in [0.05, 0.1) is 18.4 Å². The molecule has 0 spiro atoms. The summed E-state index contributed by atoms with van der Waals surface area (Å²) < 4.78 is 5.57. The lowest BCUT2D eigenvalue weighted by Crippen LogP contribution is -2.47. The molecule has 3 aromatic carbocycles. The Morgan fingerprint density at radius 1 is 0.800 bits per heavy atom. The van der Waals surface area contributed by atoms with Crippen LogP contribution in [0.1, 0.15) is 48.0 Å². The quantitative estimate of drug-likeness (QED) is 0.340. The summed E-state index contributed by atoms with van der Waals surface area (Å²) in [6.45, 7) is 5.10. The molecule has 5 rings (SSSR count). The third kappa shape index (κ3) is 6.50. The lowest BCUT2D eigenvalue weighted by molar-refractivity contribution is 0.0928. The van der Waals surface area contributed by atoms with Crippen LogP contribution in [0.3, 0.4) is 0 Å². The van der Waals surface area contributed by atoms with E-state index in [9.17, 15) is 9.59 Å². The maximum Gasteiger partial charge on any atom is 0.323 e. The van der Waals surface area contributed by atoms with Crippen molar-refractivity contribution in [2.75, 3.05) is 53.7 Å². The van der Waals surface area contributed by atoms with Gasteiger partial charge >= 0.3 is 6.03 Å². The van der Waals surface area contributed by atoms with Gasteiger partial charge in [0.25, 0.3) is 5.91 Å². The average Bonchev–Trinajstić information content (AvgIpc) is 2.99. The number of urea groups is 1. The van der Waals surface area contributed by atoms with Gasteiger partial charge in [0.2, 0.25) is 0 Å². The molecule has 210 valence electrons. The number of anilines is 4. The minimum Gasteiger partial charge on any atom is -0.495 e. The van der Waals surface area contributed by atoms with Crippen LogP contribution < -0.4 is 30.5 Å². The molecule has 1 aliphatic carbocycles. The van der Waals surface area contributed by atoms with Gasteiger partial charge in [-0.15, -0.1) is 0 Å². The topological polar surface area (TPSA) is 85.9 Å². The van der Waals surface area contributed by atoms with E-state index in [4.69, 9.17) is 4.74 Å². The number of piperazine rings is 1. The molecule has 0 atom stereocenters. The number of benzene rings is 3. The Hall–Kier alpha value is -4.20. The maximum absolute atomic E-state index is 13.6. The van der Waals surface area contributed by atoms with Gasteiger partial charge in [-0.3, -0.25) is 4.79 Å². The lowest BCUT2D eigenvalue weighted by Gasteiger charge is -2.38. The summed E-state index contributed by atoms with van der Waals surface area (Å²) in [6.07, 6.45) is 5.53. The first kappa shape index (κ1) is 27.4. The van der Waals surface area contributed by atoms with Gasteiger partial charge in [0.15, 0.2) is 0 Å². The van der Waals surface area contributed by atoms with Gasteiger partial charge in [-0.05, 0) is 61.7 Å². The molecule has 0 radical (unpaired) electrons. The zero-order valence-corrected chi connectivity index (χ0v) is 23.4. The first-order valence-corrected chi connectivity index (χ1v) is 14.2. The fraction of sp³-hybridized carbons (Fsp3) is 0.375. The van der Waals surface area contributed by atoms with Crippen molar-refractivity contribution in [1.82, 2.24) is 5.32 Å². The molecule has 8 nitrogen and oxygen atoms in total. The smallest absolute Gasteiger partial charge is 0.323 e. The highest BCUT2D eigenvalue weighted by Gasteiger charge is 2.25. The van der Waals surface area contributed by atoms with E-state index in [1.54, 1.807) is 13.2 Å². The summed E-state index contributed by atoms with van der Waals surface area (Å²) in [7, 11) is 1.70. The van der Waals surface area contributed by atoms with E-state index >= 15 is 0 Å². The Kier molecular flexibility index (Phi) is 8.74. The fourth-order valence-electron chi connectivity index (χ4n) is 5.66. The van der Waals surface area contributed by atoms with Gasteiger partial charge in [0, 0.05) is 49.3 Å². The molecule has 2 aliphatic rings. The number of carbonyl (C=O) groups is 2. The molecule has 1 saturated carbocycles. The molecule has 3 aromatic rings. The van der Waals surface area contributed by atoms with Crippen molar-refractivity contribution in [1.29, 1.82) is 0 Å². The second-order valence-electron chi connectivity index (χ2n) is 10.6. The van der Waals surface area contributed by atoms with E-state index in [0.717, 1.165) is 80.2 Å². The normalized spacial score (nSPS) is 15.8. The molecule has 0 bridgehead atoms. The van der Waals surface area contributed by atoms with Crippen molar-refractivity contribution in [3.8, 4) is 5.75 Å². The number of hydrogen-bond donors (Lipinski definition) is 3. The number of carbonyl (C=O) groups excluding carboxylic acids is 2. The first-order valence-electron chi connectivity index (χ1n) is 14.2. The van der Waals surface area contributed by atoms with E-state index in [-0.39, 0.29) is 18.0 Å². The van der Waals surface area contributed by atoms with Crippen molar-refractivity contribution in [3.05, 3.63) is 77.9 Å². The van der Waals surface area contributed by atoms with E-state index < -0.39 is 0 Å². The van der Waals surface area contributed by atoms with Gasteiger partial charge in [-0.1, -0.05) is 49.6 Å². The SMILES string of the molecule is COc1ccccc1N1CCN(c2ccc(NC(=O)Nc3ccccc3C)cc2C(=O)NC2CCCCC2)CC1. The second kappa shape index (κ2) is 12.8. The third-order valence-corrected chi connectivity index (χ3v) is 7.88. The van der Waals surface area contributed by atoms with Crippen molar-refractivity contribution < 1.29 is 14.3 Å². The number of para-hydroxylation sites is 3. The van der Waals surface area contributed by atoms with E-state index in [1.165, 1.54) is 6.42 Å². The molecule has 3 N–H and O–H groups in total. The predicted octanol–water partition coefficient (Wildman–Crippen LogP) is 6.04. The van der Waals surface area contributed by atoms with Crippen LogP contribution in [0.2, 0.25) is 0 Å². The summed E-state index contributed by atoms with van der Waals surface area (Å²) in [5, 5.41) is 9.09. The summed E-state index contributed by atoms with van der Waals surface area (Å²) in [5.74, 6) is 0.778. The Balaban J connectivity index is 1.34. The number of ether oxygens (including phenoxy) is 1. The number of amides is 3. The summed E-state index contributed by atoms with van der Waals surface area (Å²) in [6, 6.07) is 21.2. The highest BCUT2D eigenvalue weighted by molar-refractivity contribution is 6.04. The van der Waals surface area contributed by atoms with E-state index in [1.807, 2.05) is 61.5 Å². The van der Waals surface area contributed by atoms with Crippen LogP contribution in [0.15, 0.2) is 66.7 Å². The highest BCUT2D eigenvalue weighted by Crippen LogP contribution is 2.31.